The number of carbonyl (C=O) groups is 1. The van der Waals surface area contributed by atoms with Crippen molar-refractivity contribution >= 4 is 22.8 Å². The number of aromatic amines is 1. The molecular weight excluding hydrogens is 304 g/mol. The first-order valence-corrected chi connectivity index (χ1v) is 8.00. The number of hydrogen-bond donors (Lipinski definition) is 3. The first-order valence-electron chi connectivity index (χ1n) is 8.00. The number of H-pyrrole nitrogens is 1. The maximum Gasteiger partial charge on any atom is 0.326 e. The van der Waals surface area contributed by atoms with E-state index in [9.17, 15) is 9.90 Å². The summed E-state index contributed by atoms with van der Waals surface area (Å²) in [4.78, 5) is 23.8. The van der Waals surface area contributed by atoms with Gasteiger partial charge < -0.3 is 15.4 Å². The molecule has 0 amide bonds. The summed E-state index contributed by atoms with van der Waals surface area (Å²) >= 11 is 0. The van der Waals surface area contributed by atoms with Crippen LogP contribution in [-0.4, -0.2) is 32.1 Å². The van der Waals surface area contributed by atoms with Crippen LogP contribution in [0.2, 0.25) is 0 Å². The zero-order chi connectivity index (χ0) is 17.1. The Balaban J connectivity index is 2.09. The highest BCUT2D eigenvalue weighted by molar-refractivity contribution is 5.91. The highest BCUT2D eigenvalue weighted by Gasteiger charge is 2.19. The zero-order valence-electron chi connectivity index (χ0n) is 13.7. The average Bonchev–Trinajstić information content (AvgIpc) is 2.95. The van der Waals surface area contributed by atoms with E-state index >= 15 is 0 Å². The summed E-state index contributed by atoms with van der Waals surface area (Å²) in [6.07, 6.45) is 1.31. The molecule has 0 fully saturated rings. The fourth-order valence-corrected chi connectivity index (χ4v) is 2.68. The van der Waals surface area contributed by atoms with Gasteiger partial charge in [-0.1, -0.05) is 43.7 Å². The maximum atomic E-state index is 11.5. The van der Waals surface area contributed by atoms with Crippen LogP contribution in [0.15, 0.2) is 36.4 Å². The molecule has 1 aromatic carbocycles. The molecule has 24 heavy (non-hydrogen) atoms. The molecule has 2 heterocycles. The quantitative estimate of drug-likeness (QED) is 0.644. The number of nitrogens with one attached hydrogen (secondary N) is 2. The molecule has 0 aliphatic heterocycles. The highest BCUT2D eigenvalue weighted by atomic mass is 16.4. The van der Waals surface area contributed by atoms with Gasteiger partial charge in [-0.05, 0) is 19.4 Å². The van der Waals surface area contributed by atoms with Gasteiger partial charge in [0.25, 0.3) is 0 Å². The number of aliphatic carboxylic acids is 1. The molecule has 0 radical (unpaired) electrons. The molecule has 6 nitrogen and oxygen atoms in total. The lowest BCUT2D eigenvalue weighted by Gasteiger charge is -2.15. The average molecular weight is 324 g/mol. The highest BCUT2D eigenvalue weighted by Crippen LogP contribution is 2.26. The Bertz CT molecular complexity index is 858. The summed E-state index contributed by atoms with van der Waals surface area (Å²) < 4.78 is 0. The minimum Gasteiger partial charge on any atom is -0.480 e. The Labute approximate surface area is 140 Å². The van der Waals surface area contributed by atoms with Crippen LogP contribution in [0.5, 0.6) is 0 Å². The summed E-state index contributed by atoms with van der Waals surface area (Å²) in [7, 11) is 0. The Hall–Kier alpha value is -2.89. The second-order valence-corrected chi connectivity index (χ2v) is 5.80. The molecule has 124 valence electrons. The monoisotopic (exact) mass is 324 g/mol. The number of nitrogens with zero attached hydrogens (tertiary/aromatic N) is 2. The van der Waals surface area contributed by atoms with E-state index in [0.717, 1.165) is 23.1 Å². The molecular formula is C18H20N4O2. The van der Waals surface area contributed by atoms with Crippen LogP contribution in [0.1, 0.15) is 25.5 Å². The first-order chi connectivity index (χ1) is 11.6. The van der Waals surface area contributed by atoms with Gasteiger partial charge in [-0.2, -0.15) is 0 Å². The van der Waals surface area contributed by atoms with Crippen LogP contribution in [0.4, 0.5) is 5.82 Å². The Morgan fingerprint density at radius 3 is 2.71 bits per heavy atom. The predicted octanol–water partition coefficient (Wildman–Crippen LogP) is 3.60. The van der Waals surface area contributed by atoms with E-state index in [1.165, 1.54) is 0 Å². The third kappa shape index (κ3) is 3.22. The molecule has 1 atom stereocenters. The number of carboxylic acids is 1. The van der Waals surface area contributed by atoms with E-state index in [0.29, 0.717) is 23.7 Å². The fourth-order valence-electron chi connectivity index (χ4n) is 2.68. The van der Waals surface area contributed by atoms with Gasteiger partial charge in [0.1, 0.15) is 17.5 Å². The van der Waals surface area contributed by atoms with Crippen molar-refractivity contribution in [3.8, 4) is 11.4 Å². The van der Waals surface area contributed by atoms with Crippen LogP contribution in [0.25, 0.3) is 22.4 Å². The SMILES string of the molecule is CCCC(Nc1nc(-c2ccccc2)nc2[nH]c(C)cc12)C(=O)O. The van der Waals surface area contributed by atoms with Crippen molar-refractivity contribution < 1.29 is 9.90 Å². The Morgan fingerprint density at radius 2 is 2.04 bits per heavy atom. The summed E-state index contributed by atoms with van der Waals surface area (Å²) in [5.74, 6) is 0.231. The number of hydrogen-bond acceptors (Lipinski definition) is 4. The lowest BCUT2D eigenvalue weighted by atomic mass is 10.1. The van der Waals surface area contributed by atoms with Crippen molar-refractivity contribution in [2.24, 2.45) is 0 Å². The predicted molar refractivity (Wildman–Crippen MR) is 94.0 cm³/mol. The zero-order valence-corrected chi connectivity index (χ0v) is 13.7. The van der Waals surface area contributed by atoms with Crippen LogP contribution in [0, 0.1) is 6.92 Å². The van der Waals surface area contributed by atoms with Crippen LogP contribution < -0.4 is 5.32 Å². The topological polar surface area (TPSA) is 90.9 Å². The lowest BCUT2D eigenvalue weighted by Crippen LogP contribution is -2.29. The van der Waals surface area contributed by atoms with Crippen LogP contribution in [0.3, 0.4) is 0 Å². The fraction of sp³-hybridized carbons (Fsp3) is 0.278. The van der Waals surface area contributed by atoms with Gasteiger partial charge >= 0.3 is 5.97 Å². The number of carboxylic acid groups (broad SMARTS) is 1. The van der Waals surface area contributed by atoms with Gasteiger partial charge in [-0.25, -0.2) is 14.8 Å². The second-order valence-electron chi connectivity index (χ2n) is 5.80. The van der Waals surface area contributed by atoms with Gasteiger partial charge in [0.05, 0.1) is 5.39 Å². The third-order valence-electron chi connectivity index (χ3n) is 3.84. The van der Waals surface area contributed by atoms with Crippen molar-refractivity contribution in [1.29, 1.82) is 0 Å². The second kappa shape index (κ2) is 6.70. The number of benzene rings is 1. The molecule has 0 spiro atoms. The summed E-state index contributed by atoms with van der Waals surface area (Å²) in [5.41, 5.74) is 2.54. The molecule has 3 N–H and O–H groups in total. The maximum absolute atomic E-state index is 11.5. The van der Waals surface area contributed by atoms with Gasteiger partial charge in [0.2, 0.25) is 0 Å². The van der Waals surface area contributed by atoms with E-state index in [4.69, 9.17) is 0 Å². The lowest BCUT2D eigenvalue weighted by molar-refractivity contribution is -0.138. The number of aromatic nitrogens is 3. The molecule has 6 heteroatoms. The minimum absolute atomic E-state index is 0.533. The van der Waals surface area contributed by atoms with E-state index in [1.807, 2.05) is 50.2 Å². The number of anilines is 1. The molecule has 1 unspecified atom stereocenters. The largest absolute Gasteiger partial charge is 0.480 e. The van der Waals surface area contributed by atoms with Crippen molar-refractivity contribution in [2.45, 2.75) is 32.7 Å². The van der Waals surface area contributed by atoms with Gasteiger partial charge in [0.15, 0.2) is 5.82 Å². The normalized spacial score (nSPS) is 12.2. The molecule has 0 bridgehead atoms. The van der Waals surface area contributed by atoms with Crippen LogP contribution in [-0.2, 0) is 4.79 Å². The van der Waals surface area contributed by atoms with E-state index in [1.54, 1.807) is 0 Å². The smallest absolute Gasteiger partial charge is 0.326 e. The Morgan fingerprint density at radius 1 is 1.29 bits per heavy atom. The van der Waals surface area contributed by atoms with E-state index in [-0.39, 0.29) is 0 Å². The van der Waals surface area contributed by atoms with Crippen molar-refractivity contribution in [3.63, 3.8) is 0 Å². The summed E-state index contributed by atoms with van der Waals surface area (Å²) in [6, 6.07) is 10.9. The number of aryl methyl sites for hydroxylation is 1. The van der Waals surface area contributed by atoms with Crippen LogP contribution >= 0.6 is 0 Å². The summed E-state index contributed by atoms with van der Waals surface area (Å²) in [6.45, 7) is 3.90. The summed E-state index contributed by atoms with van der Waals surface area (Å²) in [5, 5.41) is 13.3. The van der Waals surface area contributed by atoms with Crippen molar-refractivity contribution in [3.05, 3.63) is 42.1 Å². The Kier molecular flexibility index (Phi) is 4.46. The standard InChI is InChI=1S/C18H20N4O2/c1-3-7-14(18(23)24)20-17-13-10-11(2)19-16(13)21-15(22-17)12-8-5-4-6-9-12/h4-6,8-10,14H,3,7H2,1-2H3,(H,23,24)(H2,19,20,21,22). The third-order valence-corrected chi connectivity index (χ3v) is 3.84. The van der Waals surface area contributed by atoms with Crippen molar-refractivity contribution in [1.82, 2.24) is 15.0 Å². The minimum atomic E-state index is -0.878. The molecule has 2 aromatic heterocycles. The van der Waals surface area contributed by atoms with Gasteiger partial charge in [-0.15, -0.1) is 0 Å². The molecule has 0 saturated heterocycles. The number of rotatable bonds is 6. The molecule has 0 aliphatic rings. The van der Waals surface area contributed by atoms with E-state index < -0.39 is 12.0 Å². The number of fused-ring (bicyclic) bond motifs is 1. The van der Waals surface area contributed by atoms with Gasteiger partial charge in [-0.3, -0.25) is 0 Å². The molecule has 0 saturated carbocycles. The van der Waals surface area contributed by atoms with Crippen molar-refractivity contribution in [2.75, 3.05) is 5.32 Å². The first kappa shape index (κ1) is 16.0. The molecule has 0 aliphatic carbocycles. The molecule has 3 aromatic rings. The van der Waals surface area contributed by atoms with Gasteiger partial charge in [0, 0.05) is 11.3 Å². The van der Waals surface area contributed by atoms with E-state index in [2.05, 4.69) is 20.3 Å². The molecule has 3 rings (SSSR count).